The molecule has 2 atom stereocenters. The highest BCUT2D eigenvalue weighted by Crippen LogP contribution is 2.25. The maximum absolute atomic E-state index is 9.49. The molecule has 4 nitrogen and oxygen atoms in total. The Hall–Kier alpha value is -1.29. The van der Waals surface area contributed by atoms with Gasteiger partial charge in [-0.3, -0.25) is 4.98 Å². The van der Waals surface area contributed by atoms with Crippen molar-refractivity contribution in [2.45, 2.75) is 38.7 Å². The van der Waals surface area contributed by atoms with Crippen molar-refractivity contribution in [2.75, 3.05) is 23.7 Å². The van der Waals surface area contributed by atoms with Crippen LogP contribution in [-0.2, 0) is 0 Å². The molecular weight excluding hydrogens is 226 g/mol. The summed E-state index contributed by atoms with van der Waals surface area (Å²) >= 11 is 0. The van der Waals surface area contributed by atoms with E-state index in [0.717, 1.165) is 50.1 Å². The van der Waals surface area contributed by atoms with Gasteiger partial charge in [0.15, 0.2) is 0 Å². The number of hydrogen-bond donors (Lipinski definition) is 3. The molecule has 1 aliphatic rings. The van der Waals surface area contributed by atoms with Gasteiger partial charge in [-0.05, 0) is 37.7 Å². The molecular formula is C14H23N3O. The molecule has 0 radical (unpaired) electrons. The van der Waals surface area contributed by atoms with Gasteiger partial charge in [-0.15, -0.1) is 0 Å². The molecule has 100 valence electrons. The van der Waals surface area contributed by atoms with Crippen molar-refractivity contribution in [3.8, 4) is 0 Å². The van der Waals surface area contributed by atoms with E-state index in [1.165, 1.54) is 0 Å². The molecule has 0 amide bonds. The van der Waals surface area contributed by atoms with Crippen molar-refractivity contribution in [2.24, 2.45) is 5.92 Å². The second-order valence-electron chi connectivity index (χ2n) is 5.10. The first kappa shape index (κ1) is 13.1. The maximum Gasteiger partial charge on any atom is 0.0547 e. The summed E-state index contributed by atoms with van der Waals surface area (Å²) in [4.78, 5) is 4.22. The van der Waals surface area contributed by atoms with Gasteiger partial charge >= 0.3 is 0 Å². The number of aliphatic hydroxyl groups is 1. The molecule has 0 aromatic carbocycles. The zero-order valence-electron chi connectivity index (χ0n) is 11.0. The first-order chi connectivity index (χ1) is 8.78. The number of pyridine rings is 1. The smallest absolute Gasteiger partial charge is 0.0547 e. The van der Waals surface area contributed by atoms with Crippen molar-refractivity contribution >= 4 is 11.4 Å². The molecule has 1 aromatic rings. The number of hydrogen-bond acceptors (Lipinski definition) is 4. The van der Waals surface area contributed by atoms with Crippen LogP contribution in [0.5, 0.6) is 0 Å². The molecule has 1 saturated carbocycles. The zero-order valence-corrected chi connectivity index (χ0v) is 11.0. The van der Waals surface area contributed by atoms with Crippen molar-refractivity contribution in [3.05, 3.63) is 18.5 Å². The summed E-state index contributed by atoms with van der Waals surface area (Å²) in [5.41, 5.74) is 2.12. The van der Waals surface area contributed by atoms with Crippen molar-refractivity contribution in [3.63, 3.8) is 0 Å². The van der Waals surface area contributed by atoms with Crippen LogP contribution in [0.3, 0.4) is 0 Å². The molecule has 1 aliphatic carbocycles. The molecule has 4 heteroatoms. The van der Waals surface area contributed by atoms with E-state index in [4.69, 9.17) is 0 Å². The molecule has 1 fully saturated rings. The number of aliphatic hydroxyl groups excluding tert-OH is 1. The van der Waals surface area contributed by atoms with Gasteiger partial charge in [0.25, 0.3) is 0 Å². The molecule has 1 aromatic heterocycles. The molecule has 0 bridgehead atoms. The monoisotopic (exact) mass is 249 g/mol. The normalized spacial score (nSPS) is 23.0. The van der Waals surface area contributed by atoms with E-state index in [2.05, 4.69) is 28.6 Å². The van der Waals surface area contributed by atoms with Gasteiger partial charge in [-0.25, -0.2) is 0 Å². The molecule has 2 rings (SSSR count). The van der Waals surface area contributed by atoms with Crippen molar-refractivity contribution in [1.29, 1.82) is 0 Å². The van der Waals surface area contributed by atoms with Crippen LogP contribution in [0.15, 0.2) is 18.5 Å². The predicted molar refractivity (Wildman–Crippen MR) is 74.9 cm³/mol. The summed E-state index contributed by atoms with van der Waals surface area (Å²) in [7, 11) is 0. The first-order valence-corrected chi connectivity index (χ1v) is 6.88. The van der Waals surface area contributed by atoms with Gasteiger partial charge in [0.2, 0.25) is 0 Å². The van der Waals surface area contributed by atoms with E-state index in [1.807, 2.05) is 12.4 Å². The quantitative estimate of drug-likeness (QED) is 0.725. The topological polar surface area (TPSA) is 57.2 Å². The van der Waals surface area contributed by atoms with Crippen molar-refractivity contribution < 1.29 is 5.11 Å². The standard InChI is InChI=1S/C14H23N3O/c1-2-5-16-12-7-13(10-15-9-12)17-8-11-3-4-14(18)6-11/h7,9-11,14,16-18H,2-6,8H2,1H3. The summed E-state index contributed by atoms with van der Waals surface area (Å²) in [5.74, 6) is 0.590. The third-order valence-electron chi connectivity index (χ3n) is 3.43. The Labute approximate surface area is 109 Å². The van der Waals surface area contributed by atoms with E-state index in [1.54, 1.807) is 0 Å². The largest absolute Gasteiger partial charge is 0.393 e. The Morgan fingerprint density at radius 2 is 2.06 bits per heavy atom. The Bertz CT molecular complexity index is 370. The van der Waals surface area contributed by atoms with E-state index >= 15 is 0 Å². The second-order valence-corrected chi connectivity index (χ2v) is 5.10. The van der Waals surface area contributed by atoms with E-state index < -0.39 is 0 Å². The summed E-state index contributed by atoms with van der Waals surface area (Å²) in [6, 6.07) is 2.09. The maximum atomic E-state index is 9.49. The molecule has 0 spiro atoms. The SMILES string of the molecule is CCCNc1cncc(NCC2CCC(O)C2)c1. The second kappa shape index (κ2) is 6.59. The lowest BCUT2D eigenvalue weighted by Crippen LogP contribution is -2.13. The van der Waals surface area contributed by atoms with Gasteiger partial charge in [-0.1, -0.05) is 6.92 Å². The third kappa shape index (κ3) is 3.88. The lowest BCUT2D eigenvalue weighted by Gasteiger charge is -2.13. The molecule has 18 heavy (non-hydrogen) atoms. The minimum absolute atomic E-state index is 0.0903. The van der Waals surface area contributed by atoms with Crippen LogP contribution in [0.2, 0.25) is 0 Å². The van der Waals surface area contributed by atoms with Crippen LogP contribution in [0.4, 0.5) is 11.4 Å². The fourth-order valence-electron chi connectivity index (χ4n) is 2.40. The lowest BCUT2D eigenvalue weighted by molar-refractivity contribution is 0.178. The lowest BCUT2D eigenvalue weighted by atomic mass is 10.1. The predicted octanol–water partition coefficient (Wildman–Crippen LogP) is 2.48. The fraction of sp³-hybridized carbons (Fsp3) is 0.643. The molecule has 0 saturated heterocycles. The Morgan fingerprint density at radius 1 is 1.28 bits per heavy atom. The Morgan fingerprint density at radius 3 is 2.72 bits per heavy atom. The van der Waals surface area contributed by atoms with E-state index in [-0.39, 0.29) is 6.10 Å². The summed E-state index contributed by atoms with van der Waals surface area (Å²) < 4.78 is 0. The molecule has 3 N–H and O–H groups in total. The molecule has 2 unspecified atom stereocenters. The molecule has 0 aliphatic heterocycles. The molecule has 1 heterocycles. The van der Waals surface area contributed by atoms with E-state index in [9.17, 15) is 5.11 Å². The average Bonchev–Trinajstić information content (AvgIpc) is 2.80. The van der Waals surface area contributed by atoms with Gasteiger partial charge in [-0.2, -0.15) is 0 Å². The van der Waals surface area contributed by atoms with Crippen LogP contribution in [-0.4, -0.2) is 29.3 Å². The number of anilines is 2. The van der Waals surface area contributed by atoms with Crippen LogP contribution in [0, 0.1) is 5.92 Å². The van der Waals surface area contributed by atoms with Gasteiger partial charge < -0.3 is 15.7 Å². The minimum atomic E-state index is -0.0903. The highest BCUT2D eigenvalue weighted by Gasteiger charge is 2.22. The summed E-state index contributed by atoms with van der Waals surface area (Å²) in [6.45, 7) is 4.05. The number of rotatable bonds is 6. The zero-order chi connectivity index (χ0) is 12.8. The van der Waals surface area contributed by atoms with Crippen LogP contribution in [0.25, 0.3) is 0 Å². The average molecular weight is 249 g/mol. The van der Waals surface area contributed by atoms with E-state index in [0.29, 0.717) is 5.92 Å². The van der Waals surface area contributed by atoms with Gasteiger partial charge in [0.1, 0.15) is 0 Å². The number of nitrogens with one attached hydrogen (secondary N) is 2. The highest BCUT2D eigenvalue weighted by atomic mass is 16.3. The van der Waals surface area contributed by atoms with Gasteiger partial charge in [0.05, 0.1) is 29.9 Å². The first-order valence-electron chi connectivity index (χ1n) is 6.88. The number of nitrogens with zero attached hydrogens (tertiary/aromatic N) is 1. The van der Waals surface area contributed by atoms with Crippen LogP contribution >= 0.6 is 0 Å². The van der Waals surface area contributed by atoms with Crippen LogP contribution < -0.4 is 10.6 Å². The highest BCUT2D eigenvalue weighted by molar-refractivity contribution is 5.53. The Kier molecular flexibility index (Phi) is 4.81. The minimum Gasteiger partial charge on any atom is -0.393 e. The summed E-state index contributed by atoms with van der Waals surface area (Å²) in [5, 5.41) is 16.2. The number of aromatic nitrogens is 1. The summed E-state index contributed by atoms with van der Waals surface area (Å²) in [6.07, 6.45) is 7.71. The van der Waals surface area contributed by atoms with Crippen LogP contribution in [0.1, 0.15) is 32.6 Å². The third-order valence-corrected chi connectivity index (χ3v) is 3.43. The fourth-order valence-corrected chi connectivity index (χ4v) is 2.40. The van der Waals surface area contributed by atoms with Crippen molar-refractivity contribution in [1.82, 2.24) is 4.98 Å². The Balaban J connectivity index is 1.81. The van der Waals surface area contributed by atoms with Gasteiger partial charge in [0, 0.05) is 13.1 Å².